The van der Waals surface area contributed by atoms with E-state index in [-0.39, 0.29) is 11.8 Å². The third-order valence-corrected chi connectivity index (χ3v) is 11.3. The average Bonchev–Trinajstić information content (AvgIpc) is 3.61. The van der Waals surface area contributed by atoms with Crippen LogP contribution in [0.3, 0.4) is 0 Å². The van der Waals surface area contributed by atoms with Crippen molar-refractivity contribution < 1.29 is 9.59 Å². The summed E-state index contributed by atoms with van der Waals surface area (Å²) in [5, 5.41) is 6.54. The van der Waals surface area contributed by atoms with Crippen LogP contribution in [0.1, 0.15) is 88.1 Å². The number of amides is 2. The van der Waals surface area contributed by atoms with Crippen LogP contribution in [0.2, 0.25) is 5.02 Å². The van der Waals surface area contributed by atoms with E-state index in [4.69, 9.17) is 16.6 Å². The Morgan fingerprint density at radius 2 is 1.39 bits per heavy atom. The van der Waals surface area contributed by atoms with E-state index >= 15 is 0 Å². The molecular weight excluding hydrogens is 636 g/mol. The molecule has 0 spiro atoms. The molecule has 4 heterocycles. The first-order chi connectivity index (χ1) is 23.7. The molecule has 2 aliphatic heterocycles. The second kappa shape index (κ2) is 14.1. The Bertz CT molecular complexity index is 1890. The van der Waals surface area contributed by atoms with Crippen molar-refractivity contribution in [2.24, 2.45) is 20.0 Å². The number of hydrogen-bond acceptors (Lipinski definition) is 6. The fraction of sp³-hybridized carbons (Fsp3) is 0.474. The van der Waals surface area contributed by atoms with Gasteiger partial charge in [0, 0.05) is 75.8 Å². The van der Waals surface area contributed by atoms with Crippen LogP contribution in [-0.2, 0) is 40.0 Å². The second-order valence-electron chi connectivity index (χ2n) is 14.1. The van der Waals surface area contributed by atoms with E-state index in [1.807, 2.05) is 60.5 Å². The van der Waals surface area contributed by atoms with Crippen LogP contribution in [-0.4, -0.2) is 67.4 Å². The molecule has 10 nitrogen and oxygen atoms in total. The molecule has 2 aromatic heterocycles. The number of benzene rings is 2. The van der Waals surface area contributed by atoms with Crippen LogP contribution >= 0.6 is 11.6 Å². The molecule has 0 saturated heterocycles. The van der Waals surface area contributed by atoms with Crippen molar-refractivity contribution >= 4 is 34.8 Å². The normalized spacial score (nSPS) is 17.1. The van der Waals surface area contributed by atoms with Gasteiger partial charge in [-0.3, -0.25) is 14.5 Å². The van der Waals surface area contributed by atoms with Gasteiger partial charge in [0.1, 0.15) is 0 Å². The van der Waals surface area contributed by atoms with Gasteiger partial charge in [-0.15, -0.1) is 0 Å². The number of halogens is 1. The molecule has 0 atom stereocenters. The molecule has 0 unspecified atom stereocenters. The minimum Gasteiger partial charge on any atom is -0.327 e. The highest BCUT2D eigenvalue weighted by Gasteiger charge is 2.28. The number of carbonyl (C=O) groups is 2. The lowest BCUT2D eigenvalue weighted by molar-refractivity contribution is 0.100. The Morgan fingerprint density at radius 3 is 2.08 bits per heavy atom. The van der Waals surface area contributed by atoms with Gasteiger partial charge in [0.2, 0.25) is 0 Å². The molecule has 0 radical (unpaired) electrons. The lowest BCUT2D eigenvalue weighted by Crippen LogP contribution is -2.33. The number of aromatic nitrogens is 4. The number of imidazole rings is 2. The van der Waals surface area contributed by atoms with Gasteiger partial charge in [0.05, 0.1) is 22.1 Å². The Balaban J connectivity index is 1.05. The van der Waals surface area contributed by atoms with Crippen molar-refractivity contribution in [3.63, 3.8) is 0 Å². The number of nitrogens with one attached hydrogen (secondary N) is 2. The van der Waals surface area contributed by atoms with Gasteiger partial charge in [0.25, 0.3) is 11.8 Å². The van der Waals surface area contributed by atoms with E-state index in [9.17, 15) is 9.59 Å². The molecule has 2 N–H and O–H groups in total. The van der Waals surface area contributed by atoms with Gasteiger partial charge < -0.3 is 24.7 Å². The summed E-state index contributed by atoms with van der Waals surface area (Å²) in [6.45, 7) is 6.51. The second-order valence-corrected chi connectivity index (χ2v) is 14.5. The monoisotopic (exact) mass is 682 g/mol. The number of carbonyl (C=O) groups excluding carboxylic acids is 2. The SMILES string of the molecule is Cc1c(NC(=O)c2nc3c(n2C)CCN(C)C3)cccc1-c1cccc(NC(=O)c2nc3c(n2C)CCN(CCC2CCCCC2)C3)c1Cl. The largest absolute Gasteiger partial charge is 0.327 e. The van der Waals surface area contributed by atoms with E-state index in [0.29, 0.717) is 28.0 Å². The number of hydrogen-bond donors (Lipinski definition) is 2. The molecule has 49 heavy (non-hydrogen) atoms. The third kappa shape index (κ3) is 6.78. The zero-order chi connectivity index (χ0) is 34.2. The summed E-state index contributed by atoms with van der Waals surface area (Å²) in [4.78, 5) is 41.3. The number of rotatable bonds is 8. The first kappa shape index (κ1) is 33.5. The molecule has 3 aliphatic rings. The predicted molar refractivity (Wildman–Crippen MR) is 194 cm³/mol. The summed E-state index contributed by atoms with van der Waals surface area (Å²) in [7, 11) is 5.90. The minimum absolute atomic E-state index is 0.253. The lowest BCUT2D eigenvalue weighted by atomic mass is 9.87. The van der Waals surface area contributed by atoms with Crippen molar-refractivity contribution in [2.45, 2.75) is 71.4 Å². The Morgan fingerprint density at radius 1 is 0.796 bits per heavy atom. The summed E-state index contributed by atoms with van der Waals surface area (Å²) in [6.07, 6.45) is 9.87. The average molecular weight is 683 g/mol. The van der Waals surface area contributed by atoms with Crippen molar-refractivity contribution in [3.8, 4) is 11.1 Å². The van der Waals surface area contributed by atoms with E-state index in [1.165, 1.54) is 38.5 Å². The standard InChI is InChI=1S/C38H47ClN8O2/c1-24-26(12-8-14-28(24)42-37(48)35-40-30-22-44(2)19-17-32(30)45(35)3)27-13-9-15-29(34(27)39)43-38(49)36-41-31-23-47(21-18-33(31)46(36)4)20-16-25-10-6-5-7-11-25/h8-9,12-15,25H,5-7,10-11,16-23H2,1-4H3,(H,42,48)(H,43,49). The highest BCUT2D eigenvalue weighted by Crippen LogP contribution is 2.38. The first-order valence-electron chi connectivity index (χ1n) is 17.7. The molecule has 7 rings (SSSR count). The molecular formula is C38H47ClN8O2. The number of likely N-dealkylation sites (N-methyl/N-ethyl adjacent to an activating group) is 1. The van der Waals surface area contributed by atoms with Crippen LogP contribution < -0.4 is 10.6 Å². The quantitative estimate of drug-likeness (QED) is 0.217. The number of fused-ring (bicyclic) bond motifs is 2. The Labute approximate surface area is 293 Å². The van der Waals surface area contributed by atoms with Crippen molar-refractivity contribution in [1.82, 2.24) is 28.9 Å². The fourth-order valence-corrected chi connectivity index (χ4v) is 8.21. The molecule has 0 bridgehead atoms. The number of nitrogens with zero attached hydrogens (tertiary/aromatic N) is 6. The summed E-state index contributed by atoms with van der Waals surface area (Å²) in [5.74, 6) is 1.11. The highest BCUT2D eigenvalue weighted by molar-refractivity contribution is 6.36. The maximum Gasteiger partial charge on any atom is 0.291 e. The summed E-state index contributed by atoms with van der Waals surface area (Å²) >= 11 is 7.00. The van der Waals surface area contributed by atoms with Gasteiger partial charge in [-0.2, -0.15) is 0 Å². The fourth-order valence-electron chi connectivity index (χ4n) is 7.93. The van der Waals surface area contributed by atoms with E-state index in [2.05, 4.69) is 32.5 Å². The van der Waals surface area contributed by atoms with Gasteiger partial charge in [-0.25, -0.2) is 9.97 Å². The van der Waals surface area contributed by atoms with Crippen molar-refractivity contribution in [1.29, 1.82) is 0 Å². The zero-order valence-corrected chi connectivity index (χ0v) is 29.9. The van der Waals surface area contributed by atoms with Crippen molar-refractivity contribution in [3.05, 3.63) is 81.4 Å². The summed E-state index contributed by atoms with van der Waals surface area (Å²) < 4.78 is 3.85. The van der Waals surface area contributed by atoms with Crippen LogP contribution in [0, 0.1) is 12.8 Å². The van der Waals surface area contributed by atoms with Crippen LogP contribution in [0.5, 0.6) is 0 Å². The molecule has 11 heteroatoms. The summed E-state index contributed by atoms with van der Waals surface area (Å²) in [5.41, 5.74) is 7.86. The van der Waals surface area contributed by atoms with E-state index in [1.54, 1.807) is 6.07 Å². The van der Waals surface area contributed by atoms with Gasteiger partial charge in [-0.1, -0.05) is 68.0 Å². The predicted octanol–water partition coefficient (Wildman–Crippen LogP) is 6.60. The van der Waals surface area contributed by atoms with Gasteiger partial charge >= 0.3 is 0 Å². The smallest absolute Gasteiger partial charge is 0.291 e. The topological polar surface area (TPSA) is 100 Å². The maximum atomic E-state index is 13.6. The number of anilines is 2. The maximum absolute atomic E-state index is 13.6. The highest BCUT2D eigenvalue weighted by atomic mass is 35.5. The van der Waals surface area contributed by atoms with Gasteiger partial charge in [-0.05, 0) is 56.1 Å². The minimum atomic E-state index is -0.286. The third-order valence-electron chi connectivity index (χ3n) is 10.9. The van der Waals surface area contributed by atoms with Crippen molar-refractivity contribution in [2.75, 3.05) is 37.3 Å². The molecule has 1 fully saturated rings. The van der Waals surface area contributed by atoms with E-state index < -0.39 is 0 Å². The molecule has 4 aromatic rings. The lowest BCUT2D eigenvalue weighted by Gasteiger charge is -2.29. The molecule has 2 amide bonds. The van der Waals surface area contributed by atoms with Gasteiger partial charge in [0.15, 0.2) is 11.6 Å². The molecule has 2 aromatic carbocycles. The first-order valence-corrected chi connectivity index (χ1v) is 18.1. The van der Waals surface area contributed by atoms with Crippen LogP contribution in [0.4, 0.5) is 11.4 Å². The van der Waals surface area contributed by atoms with Crippen LogP contribution in [0.25, 0.3) is 11.1 Å². The zero-order valence-electron chi connectivity index (χ0n) is 29.1. The molecule has 1 saturated carbocycles. The Kier molecular flexibility index (Phi) is 9.64. The van der Waals surface area contributed by atoms with E-state index in [0.717, 1.165) is 90.9 Å². The summed E-state index contributed by atoms with van der Waals surface area (Å²) in [6, 6.07) is 11.4. The Hall–Kier alpha value is -3.99. The van der Waals surface area contributed by atoms with Crippen LogP contribution in [0.15, 0.2) is 36.4 Å². The molecule has 1 aliphatic carbocycles. The molecule has 258 valence electrons.